The van der Waals surface area contributed by atoms with Gasteiger partial charge in [0.1, 0.15) is 11.6 Å². The standard InChI is InChI=1S/C26H31N5O/c1-27-23-17-21(28-25(29-23)22-15-10-16-30(22)2)18-31(3)26(32)24(19-11-6-4-7-12-19)20-13-8-5-9-14-20/h4-9,11-14,17,22,24H,10,15-16,18H2,1-3H3,(H,27,28,29). The number of benzene rings is 2. The van der Waals surface area contributed by atoms with Gasteiger partial charge in [-0.15, -0.1) is 0 Å². The Morgan fingerprint density at radius 3 is 2.25 bits per heavy atom. The predicted octanol–water partition coefficient (Wildman–Crippen LogP) is 4.08. The monoisotopic (exact) mass is 429 g/mol. The number of hydrogen-bond donors (Lipinski definition) is 1. The second-order valence-corrected chi connectivity index (χ2v) is 8.44. The molecule has 4 rings (SSSR count). The number of rotatable bonds is 7. The summed E-state index contributed by atoms with van der Waals surface area (Å²) in [5.74, 6) is 1.31. The molecule has 1 N–H and O–H groups in total. The zero-order valence-corrected chi connectivity index (χ0v) is 19.0. The fourth-order valence-electron chi connectivity index (χ4n) is 4.42. The van der Waals surface area contributed by atoms with Gasteiger partial charge >= 0.3 is 0 Å². The molecule has 1 unspecified atom stereocenters. The molecule has 6 heteroatoms. The summed E-state index contributed by atoms with van der Waals surface area (Å²) in [6.45, 7) is 1.48. The highest BCUT2D eigenvalue weighted by Gasteiger charge is 2.28. The molecule has 1 saturated heterocycles. The molecular weight excluding hydrogens is 398 g/mol. The van der Waals surface area contributed by atoms with E-state index >= 15 is 0 Å². The minimum Gasteiger partial charge on any atom is -0.373 e. The zero-order chi connectivity index (χ0) is 22.5. The van der Waals surface area contributed by atoms with E-state index in [9.17, 15) is 4.79 Å². The van der Waals surface area contributed by atoms with E-state index in [1.165, 1.54) is 0 Å². The smallest absolute Gasteiger partial charge is 0.234 e. The van der Waals surface area contributed by atoms with Crippen molar-refractivity contribution in [2.45, 2.75) is 31.3 Å². The maximum Gasteiger partial charge on any atom is 0.234 e. The van der Waals surface area contributed by atoms with Crippen LogP contribution in [0.5, 0.6) is 0 Å². The summed E-state index contributed by atoms with van der Waals surface area (Å²) < 4.78 is 0. The Morgan fingerprint density at radius 1 is 1.09 bits per heavy atom. The van der Waals surface area contributed by atoms with Crippen molar-refractivity contribution in [2.75, 3.05) is 33.0 Å². The maximum absolute atomic E-state index is 13.7. The second-order valence-electron chi connectivity index (χ2n) is 8.44. The van der Waals surface area contributed by atoms with Crippen LogP contribution in [0.2, 0.25) is 0 Å². The highest BCUT2D eigenvalue weighted by molar-refractivity contribution is 5.87. The molecule has 0 aliphatic carbocycles. The lowest BCUT2D eigenvalue weighted by Crippen LogP contribution is -2.32. The van der Waals surface area contributed by atoms with E-state index in [4.69, 9.17) is 9.97 Å². The normalized spacial score (nSPS) is 16.3. The lowest BCUT2D eigenvalue weighted by molar-refractivity contribution is -0.131. The largest absolute Gasteiger partial charge is 0.373 e. The van der Waals surface area contributed by atoms with Gasteiger partial charge < -0.3 is 10.2 Å². The van der Waals surface area contributed by atoms with Crippen molar-refractivity contribution in [1.29, 1.82) is 0 Å². The van der Waals surface area contributed by atoms with Gasteiger partial charge in [-0.1, -0.05) is 60.7 Å². The van der Waals surface area contributed by atoms with Crippen LogP contribution in [-0.2, 0) is 11.3 Å². The lowest BCUT2D eigenvalue weighted by atomic mass is 9.90. The van der Waals surface area contributed by atoms with Gasteiger partial charge in [0, 0.05) is 20.2 Å². The summed E-state index contributed by atoms with van der Waals surface area (Å²) in [6.07, 6.45) is 2.21. The van der Waals surface area contributed by atoms with E-state index in [0.717, 1.165) is 47.8 Å². The van der Waals surface area contributed by atoms with Crippen LogP contribution in [0.4, 0.5) is 5.82 Å². The Bertz CT molecular complexity index is 1000. The molecule has 0 saturated carbocycles. The molecule has 1 atom stereocenters. The number of nitrogens with zero attached hydrogens (tertiary/aromatic N) is 4. The molecule has 1 fully saturated rings. The molecule has 2 aromatic carbocycles. The number of hydrogen-bond acceptors (Lipinski definition) is 5. The lowest BCUT2D eigenvalue weighted by Gasteiger charge is -2.25. The molecule has 3 aromatic rings. The van der Waals surface area contributed by atoms with Crippen LogP contribution in [0.25, 0.3) is 0 Å². The van der Waals surface area contributed by atoms with Crippen molar-refractivity contribution >= 4 is 11.7 Å². The first-order valence-corrected chi connectivity index (χ1v) is 11.2. The van der Waals surface area contributed by atoms with Gasteiger partial charge in [-0.2, -0.15) is 0 Å². The van der Waals surface area contributed by atoms with Crippen LogP contribution in [0.1, 0.15) is 47.4 Å². The maximum atomic E-state index is 13.7. The number of carbonyl (C=O) groups excluding carboxylic acids is 1. The Kier molecular flexibility index (Phi) is 6.81. The van der Waals surface area contributed by atoms with Gasteiger partial charge in [-0.05, 0) is 37.6 Å². The average molecular weight is 430 g/mol. The van der Waals surface area contributed by atoms with Gasteiger partial charge in [0.2, 0.25) is 5.91 Å². The number of likely N-dealkylation sites (N-methyl/N-ethyl adjacent to an activating group) is 1. The predicted molar refractivity (Wildman–Crippen MR) is 127 cm³/mol. The second kappa shape index (κ2) is 9.92. The summed E-state index contributed by atoms with van der Waals surface area (Å²) in [5, 5.41) is 3.15. The van der Waals surface area contributed by atoms with Crippen molar-refractivity contribution in [3.8, 4) is 0 Å². The first kappa shape index (κ1) is 22.0. The van der Waals surface area contributed by atoms with E-state index in [2.05, 4.69) is 17.3 Å². The van der Waals surface area contributed by atoms with Gasteiger partial charge in [0.15, 0.2) is 0 Å². The summed E-state index contributed by atoms with van der Waals surface area (Å²) in [4.78, 5) is 27.3. The number of aromatic nitrogens is 2. The SMILES string of the molecule is CNc1cc(CN(C)C(=O)C(c2ccccc2)c2ccccc2)nc(C2CCCN2C)n1. The van der Waals surface area contributed by atoms with E-state index in [1.54, 1.807) is 4.90 Å². The van der Waals surface area contributed by atoms with Gasteiger partial charge in [-0.3, -0.25) is 9.69 Å². The minimum absolute atomic E-state index is 0.0477. The van der Waals surface area contributed by atoms with Crippen molar-refractivity contribution < 1.29 is 4.79 Å². The summed E-state index contributed by atoms with van der Waals surface area (Å²) in [7, 11) is 5.83. The summed E-state index contributed by atoms with van der Waals surface area (Å²) in [5.41, 5.74) is 2.82. The Hall–Kier alpha value is -3.25. The Balaban J connectivity index is 1.61. The third kappa shape index (κ3) is 4.81. The van der Waals surface area contributed by atoms with Crippen LogP contribution in [0.3, 0.4) is 0 Å². The van der Waals surface area contributed by atoms with Crippen LogP contribution in [-0.4, -0.2) is 53.4 Å². The van der Waals surface area contributed by atoms with Gasteiger partial charge in [0.05, 0.1) is 24.2 Å². The summed E-state index contributed by atoms with van der Waals surface area (Å²) >= 11 is 0. The first-order chi connectivity index (χ1) is 15.6. The highest BCUT2D eigenvalue weighted by Crippen LogP contribution is 2.30. The van der Waals surface area contributed by atoms with Gasteiger partial charge in [0.25, 0.3) is 0 Å². The Labute approximate surface area is 190 Å². The zero-order valence-electron chi connectivity index (χ0n) is 19.0. The quantitative estimate of drug-likeness (QED) is 0.613. The fraction of sp³-hybridized carbons (Fsp3) is 0.346. The molecule has 2 heterocycles. The molecule has 32 heavy (non-hydrogen) atoms. The van der Waals surface area contributed by atoms with Crippen LogP contribution < -0.4 is 5.32 Å². The number of nitrogens with one attached hydrogen (secondary N) is 1. The van der Waals surface area contributed by atoms with Crippen LogP contribution in [0.15, 0.2) is 66.7 Å². The molecule has 1 amide bonds. The van der Waals surface area contributed by atoms with Crippen molar-refractivity contribution in [3.05, 3.63) is 89.4 Å². The van der Waals surface area contributed by atoms with E-state index in [0.29, 0.717) is 6.54 Å². The number of amides is 1. The first-order valence-electron chi connectivity index (χ1n) is 11.2. The van der Waals surface area contributed by atoms with E-state index in [1.807, 2.05) is 80.8 Å². The molecule has 6 nitrogen and oxygen atoms in total. The average Bonchev–Trinajstić information content (AvgIpc) is 3.26. The minimum atomic E-state index is -0.353. The van der Waals surface area contributed by atoms with E-state index < -0.39 is 0 Å². The number of anilines is 1. The molecule has 1 aliphatic rings. The van der Waals surface area contributed by atoms with Crippen molar-refractivity contribution in [1.82, 2.24) is 19.8 Å². The molecular formula is C26H31N5O. The fourth-order valence-corrected chi connectivity index (χ4v) is 4.42. The molecule has 0 bridgehead atoms. The van der Waals surface area contributed by atoms with E-state index in [-0.39, 0.29) is 17.9 Å². The van der Waals surface area contributed by atoms with Crippen molar-refractivity contribution in [3.63, 3.8) is 0 Å². The van der Waals surface area contributed by atoms with Crippen LogP contribution in [0, 0.1) is 0 Å². The third-order valence-electron chi connectivity index (χ3n) is 6.16. The molecule has 1 aromatic heterocycles. The molecule has 0 radical (unpaired) electrons. The van der Waals surface area contributed by atoms with Crippen LogP contribution >= 0.6 is 0 Å². The third-order valence-corrected chi connectivity index (χ3v) is 6.16. The van der Waals surface area contributed by atoms with Crippen molar-refractivity contribution in [2.24, 2.45) is 0 Å². The molecule has 1 aliphatic heterocycles. The van der Waals surface area contributed by atoms with Gasteiger partial charge in [-0.25, -0.2) is 9.97 Å². The highest BCUT2D eigenvalue weighted by atomic mass is 16.2. The number of likely N-dealkylation sites (tertiary alicyclic amines) is 1. The summed E-state index contributed by atoms with van der Waals surface area (Å²) in [6, 6.07) is 22.1. The number of carbonyl (C=O) groups is 1. The Morgan fingerprint density at radius 2 is 1.72 bits per heavy atom. The molecule has 166 valence electrons. The molecule has 0 spiro atoms. The topological polar surface area (TPSA) is 61.4 Å².